The third-order valence-electron chi connectivity index (χ3n) is 5.40. The van der Waals surface area contributed by atoms with Crippen molar-refractivity contribution in [2.24, 2.45) is 5.73 Å². The van der Waals surface area contributed by atoms with E-state index in [-0.39, 0.29) is 23.4 Å². The molecule has 0 radical (unpaired) electrons. The molecule has 2 unspecified atom stereocenters. The van der Waals surface area contributed by atoms with Gasteiger partial charge in [0, 0.05) is 24.4 Å². The first-order chi connectivity index (χ1) is 16.7. The van der Waals surface area contributed by atoms with E-state index in [2.05, 4.69) is 9.84 Å². The highest BCUT2D eigenvalue weighted by atomic mass is 19.4. The molecule has 0 aliphatic carbocycles. The summed E-state index contributed by atoms with van der Waals surface area (Å²) in [4.78, 5) is 26.3. The first-order valence-corrected chi connectivity index (χ1v) is 10.6. The number of ketones is 1. The molecule has 2 atom stereocenters. The molecule has 2 heterocycles. The summed E-state index contributed by atoms with van der Waals surface area (Å²) in [6.07, 6.45) is 3.16. The van der Waals surface area contributed by atoms with Gasteiger partial charge in [-0.3, -0.25) is 9.59 Å². The van der Waals surface area contributed by atoms with Gasteiger partial charge in [0.05, 0.1) is 5.69 Å². The van der Waals surface area contributed by atoms with E-state index in [4.69, 9.17) is 5.73 Å². The number of benzene rings is 2. The largest absolute Gasteiger partial charge is 0.573 e. The quantitative estimate of drug-likeness (QED) is 0.490. The van der Waals surface area contributed by atoms with Crippen LogP contribution in [0.3, 0.4) is 0 Å². The Hall–Kier alpha value is -4.34. The number of alkyl halides is 3. The lowest BCUT2D eigenvalue weighted by atomic mass is 9.99. The standard InChI is InChI=1S/C25H21F3N4O3/c26-25(27,28)35-21-11-5-4-10-18(21)19-13-15-32(30-19)22-12-6-7-14-31(22)20(23(33)24(29)34)16-17-8-2-1-3-9-17/h1-15,20,22H,16H2,(H2,29,34). The van der Waals surface area contributed by atoms with E-state index >= 15 is 0 Å². The summed E-state index contributed by atoms with van der Waals surface area (Å²) < 4.78 is 44.2. The topological polar surface area (TPSA) is 90.5 Å². The predicted octanol–water partition coefficient (Wildman–Crippen LogP) is 4.00. The number of primary amides is 1. The van der Waals surface area contributed by atoms with Gasteiger partial charge in [-0.05, 0) is 35.9 Å². The summed E-state index contributed by atoms with van der Waals surface area (Å²) in [5.41, 5.74) is 6.57. The molecular weight excluding hydrogens is 461 g/mol. The van der Waals surface area contributed by atoms with Crippen molar-refractivity contribution in [1.29, 1.82) is 0 Å². The van der Waals surface area contributed by atoms with Crippen molar-refractivity contribution in [3.63, 3.8) is 0 Å². The van der Waals surface area contributed by atoms with Crippen LogP contribution >= 0.6 is 0 Å². The summed E-state index contributed by atoms with van der Waals surface area (Å²) in [5.74, 6) is -2.21. The minimum Gasteiger partial charge on any atom is -0.405 e. The Kier molecular flexibility index (Phi) is 6.72. The molecular formula is C25H21F3N4O3. The number of aromatic nitrogens is 2. The molecule has 3 aromatic rings. The maximum absolute atomic E-state index is 12.9. The second kappa shape index (κ2) is 9.88. The SMILES string of the molecule is NC(=O)C(=O)C(Cc1ccccc1)N1C=CC=CC1n1ccc(-c2ccccc2OC(F)(F)F)n1. The molecule has 0 fully saturated rings. The Morgan fingerprint density at radius 3 is 2.46 bits per heavy atom. The fourth-order valence-electron chi connectivity index (χ4n) is 3.87. The monoisotopic (exact) mass is 482 g/mol. The molecule has 0 bridgehead atoms. The first kappa shape index (κ1) is 23.8. The molecule has 7 nitrogen and oxygen atoms in total. The van der Waals surface area contributed by atoms with E-state index in [1.807, 2.05) is 30.3 Å². The zero-order chi connectivity index (χ0) is 25.0. The molecule has 35 heavy (non-hydrogen) atoms. The number of hydrogen-bond acceptors (Lipinski definition) is 5. The highest BCUT2D eigenvalue weighted by Crippen LogP contribution is 2.34. The van der Waals surface area contributed by atoms with Gasteiger partial charge in [0.15, 0.2) is 0 Å². The third kappa shape index (κ3) is 5.60. The number of para-hydroxylation sites is 1. The summed E-state index contributed by atoms with van der Waals surface area (Å²) in [6.45, 7) is 0. The van der Waals surface area contributed by atoms with Crippen LogP contribution in [0.25, 0.3) is 11.3 Å². The number of ether oxygens (including phenoxy) is 1. The van der Waals surface area contributed by atoms with Crippen molar-refractivity contribution < 1.29 is 27.5 Å². The molecule has 4 rings (SSSR count). The second-order valence-corrected chi connectivity index (χ2v) is 7.75. The smallest absolute Gasteiger partial charge is 0.405 e. The first-order valence-electron chi connectivity index (χ1n) is 10.6. The van der Waals surface area contributed by atoms with Gasteiger partial charge in [0.25, 0.3) is 5.91 Å². The number of halogens is 3. The van der Waals surface area contributed by atoms with Crippen molar-refractivity contribution in [2.75, 3.05) is 0 Å². The van der Waals surface area contributed by atoms with Gasteiger partial charge in [-0.25, -0.2) is 4.68 Å². The van der Waals surface area contributed by atoms with Crippen LogP contribution in [0.5, 0.6) is 5.75 Å². The lowest BCUT2D eigenvalue weighted by Crippen LogP contribution is -2.48. The fraction of sp³-hybridized carbons (Fsp3) is 0.160. The number of carbonyl (C=O) groups is 2. The number of allylic oxidation sites excluding steroid dienone is 2. The average Bonchev–Trinajstić information content (AvgIpc) is 3.32. The molecule has 2 aromatic carbocycles. The molecule has 10 heteroatoms. The van der Waals surface area contributed by atoms with Crippen molar-refractivity contribution in [2.45, 2.75) is 25.0 Å². The van der Waals surface area contributed by atoms with Crippen molar-refractivity contribution in [3.8, 4) is 17.0 Å². The second-order valence-electron chi connectivity index (χ2n) is 7.75. The maximum atomic E-state index is 12.9. The lowest BCUT2D eigenvalue weighted by Gasteiger charge is -2.36. The zero-order valence-corrected chi connectivity index (χ0v) is 18.3. The van der Waals surface area contributed by atoms with E-state index in [1.165, 1.54) is 22.9 Å². The number of amides is 1. The molecule has 1 aromatic heterocycles. The lowest BCUT2D eigenvalue weighted by molar-refractivity contribution is -0.274. The Morgan fingerprint density at radius 2 is 1.74 bits per heavy atom. The fourth-order valence-corrected chi connectivity index (χ4v) is 3.87. The van der Waals surface area contributed by atoms with Crippen LogP contribution in [-0.4, -0.2) is 38.8 Å². The van der Waals surface area contributed by atoms with Gasteiger partial charge in [-0.1, -0.05) is 48.5 Å². The molecule has 0 saturated carbocycles. The molecule has 1 aliphatic heterocycles. The zero-order valence-electron chi connectivity index (χ0n) is 18.3. The van der Waals surface area contributed by atoms with Gasteiger partial charge in [0.2, 0.25) is 5.78 Å². The van der Waals surface area contributed by atoms with E-state index in [0.29, 0.717) is 0 Å². The summed E-state index contributed by atoms with van der Waals surface area (Å²) in [6, 6.07) is 15.5. The van der Waals surface area contributed by atoms with E-state index in [0.717, 1.165) is 5.56 Å². The van der Waals surface area contributed by atoms with Crippen LogP contribution < -0.4 is 10.5 Å². The highest BCUT2D eigenvalue weighted by Gasteiger charge is 2.34. The number of carbonyl (C=O) groups excluding carboxylic acids is 2. The normalized spacial score (nSPS) is 16.2. The predicted molar refractivity (Wildman–Crippen MR) is 122 cm³/mol. The Balaban J connectivity index is 1.67. The number of Topliss-reactive ketones (excluding diaryl/α,β-unsaturated/α-hetero) is 1. The molecule has 1 aliphatic rings. The number of hydrogen-bond donors (Lipinski definition) is 1. The van der Waals surface area contributed by atoms with Gasteiger partial charge in [-0.2, -0.15) is 5.10 Å². The molecule has 180 valence electrons. The van der Waals surface area contributed by atoms with E-state index < -0.39 is 30.3 Å². The Bertz CT molecular complexity index is 1270. The average molecular weight is 482 g/mol. The number of nitrogens with two attached hydrogens (primary N) is 1. The summed E-state index contributed by atoms with van der Waals surface area (Å²) >= 11 is 0. The number of rotatable bonds is 8. The van der Waals surface area contributed by atoms with Crippen molar-refractivity contribution >= 4 is 11.7 Å². The Morgan fingerprint density at radius 1 is 1.03 bits per heavy atom. The van der Waals surface area contributed by atoms with Crippen LogP contribution in [0, 0.1) is 0 Å². The summed E-state index contributed by atoms with van der Waals surface area (Å²) in [7, 11) is 0. The van der Waals surface area contributed by atoms with Crippen molar-refractivity contribution in [3.05, 3.63) is 96.9 Å². The van der Waals surface area contributed by atoms with Crippen LogP contribution in [0.4, 0.5) is 13.2 Å². The van der Waals surface area contributed by atoms with Crippen LogP contribution in [-0.2, 0) is 16.0 Å². The van der Waals surface area contributed by atoms with Crippen LogP contribution in [0.2, 0.25) is 0 Å². The van der Waals surface area contributed by atoms with Gasteiger partial charge in [0.1, 0.15) is 18.0 Å². The van der Waals surface area contributed by atoms with E-state index in [9.17, 15) is 22.8 Å². The highest BCUT2D eigenvalue weighted by molar-refractivity contribution is 6.37. The van der Waals surface area contributed by atoms with Gasteiger partial charge >= 0.3 is 6.36 Å². The van der Waals surface area contributed by atoms with Crippen LogP contribution in [0.15, 0.2) is 91.3 Å². The van der Waals surface area contributed by atoms with Crippen LogP contribution in [0.1, 0.15) is 11.7 Å². The minimum absolute atomic E-state index is 0.152. The minimum atomic E-state index is -4.86. The Labute approximate surface area is 198 Å². The molecule has 1 amide bonds. The van der Waals surface area contributed by atoms with Crippen molar-refractivity contribution in [1.82, 2.24) is 14.7 Å². The maximum Gasteiger partial charge on any atom is 0.573 e. The van der Waals surface area contributed by atoms with Gasteiger partial charge in [-0.15, -0.1) is 13.2 Å². The number of nitrogens with zero attached hydrogens (tertiary/aromatic N) is 3. The molecule has 2 N–H and O–H groups in total. The van der Waals surface area contributed by atoms with Gasteiger partial charge < -0.3 is 15.4 Å². The molecule has 0 saturated heterocycles. The summed E-state index contributed by atoms with van der Waals surface area (Å²) in [5, 5.41) is 4.45. The van der Waals surface area contributed by atoms with E-state index in [1.54, 1.807) is 47.7 Å². The third-order valence-corrected chi connectivity index (χ3v) is 5.40. The molecule has 0 spiro atoms.